The van der Waals surface area contributed by atoms with Crippen LogP contribution >= 0.6 is 0 Å². The van der Waals surface area contributed by atoms with Crippen molar-refractivity contribution >= 4 is 27.3 Å². The Kier molecular flexibility index (Phi) is 6.63. The van der Waals surface area contributed by atoms with E-state index in [1.54, 1.807) is 42.5 Å². The molecule has 26 heavy (non-hydrogen) atoms. The van der Waals surface area contributed by atoms with Crippen molar-refractivity contribution in [2.24, 2.45) is 0 Å². The fraction of sp³-hybridized carbons (Fsp3) is 0.316. The predicted octanol–water partition coefficient (Wildman–Crippen LogP) is 3.93. The van der Waals surface area contributed by atoms with Gasteiger partial charge in [0.1, 0.15) is 5.75 Å². The fourth-order valence-electron chi connectivity index (χ4n) is 2.35. The Morgan fingerprint density at radius 3 is 2.42 bits per heavy atom. The molecule has 0 radical (unpaired) electrons. The van der Waals surface area contributed by atoms with Gasteiger partial charge in [-0.05, 0) is 43.7 Å². The Morgan fingerprint density at radius 1 is 1.12 bits per heavy atom. The first-order valence-electron chi connectivity index (χ1n) is 8.43. The highest BCUT2D eigenvalue weighted by Crippen LogP contribution is 2.29. The van der Waals surface area contributed by atoms with Gasteiger partial charge in [-0.3, -0.25) is 9.52 Å². The quantitative estimate of drug-likeness (QED) is 0.731. The SMILES string of the molecule is CCCCC(=O)Nc1cc(NS(=O)(=O)c2ccc(C)cc2)ccc1OC. The number of carbonyl (C=O) groups excluding carboxylic acids is 1. The molecule has 2 aromatic rings. The van der Waals surface area contributed by atoms with E-state index >= 15 is 0 Å². The largest absolute Gasteiger partial charge is 0.495 e. The van der Waals surface area contributed by atoms with Gasteiger partial charge in [-0.2, -0.15) is 0 Å². The van der Waals surface area contributed by atoms with Crippen molar-refractivity contribution in [3.05, 3.63) is 48.0 Å². The summed E-state index contributed by atoms with van der Waals surface area (Å²) in [6.07, 6.45) is 2.10. The van der Waals surface area contributed by atoms with Crippen LogP contribution in [0.5, 0.6) is 5.75 Å². The summed E-state index contributed by atoms with van der Waals surface area (Å²) in [4.78, 5) is 12.2. The van der Waals surface area contributed by atoms with Crippen molar-refractivity contribution < 1.29 is 17.9 Å². The highest BCUT2D eigenvalue weighted by molar-refractivity contribution is 7.92. The molecule has 0 unspecified atom stereocenters. The third-order valence-electron chi connectivity index (χ3n) is 3.81. The maximum atomic E-state index is 12.5. The van der Waals surface area contributed by atoms with Crippen LogP contribution in [-0.2, 0) is 14.8 Å². The lowest BCUT2D eigenvalue weighted by molar-refractivity contribution is -0.116. The Morgan fingerprint density at radius 2 is 1.81 bits per heavy atom. The summed E-state index contributed by atoms with van der Waals surface area (Å²) in [6.45, 7) is 3.90. The number of unbranched alkanes of at least 4 members (excludes halogenated alkanes) is 1. The topological polar surface area (TPSA) is 84.5 Å². The molecule has 0 fully saturated rings. The summed E-state index contributed by atoms with van der Waals surface area (Å²) in [6, 6.07) is 11.3. The van der Waals surface area contributed by atoms with E-state index in [-0.39, 0.29) is 10.8 Å². The molecule has 0 spiro atoms. The molecule has 0 heterocycles. The molecule has 0 saturated heterocycles. The van der Waals surface area contributed by atoms with E-state index in [1.165, 1.54) is 7.11 Å². The summed E-state index contributed by atoms with van der Waals surface area (Å²) in [5.41, 5.74) is 1.75. The van der Waals surface area contributed by atoms with E-state index in [2.05, 4.69) is 10.0 Å². The Hall–Kier alpha value is -2.54. The van der Waals surface area contributed by atoms with Gasteiger partial charge < -0.3 is 10.1 Å². The smallest absolute Gasteiger partial charge is 0.261 e. The van der Waals surface area contributed by atoms with Crippen LogP contribution in [0.15, 0.2) is 47.4 Å². The van der Waals surface area contributed by atoms with Crippen molar-refractivity contribution in [2.45, 2.75) is 38.0 Å². The van der Waals surface area contributed by atoms with Crippen molar-refractivity contribution in [1.82, 2.24) is 0 Å². The highest BCUT2D eigenvalue weighted by atomic mass is 32.2. The summed E-state index contributed by atoms with van der Waals surface area (Å²) < 4.78 is 32.8. The Bertz CT molecular complexity index is 862. The first kappa shape index (κ1) is 19.8. The summed E-state index contributed by atoms with van der Waals surface area (Å²) >= 11 is 0. The Balaban J connectivity index is 2.23. The molecule has 0 aliphatic carbocycles. The average Bonchev–Trinajstić information content (AvgIpc) is 2.60. The number of aryl methyl sites for hydroxylation is 1. The number of hydrogen-bond donors (Lipinski definition) is 2. The van der Waals surface area contributed by atoms with Crippen molar-refractivity contribution in [2.75, 3.05) is 17.1 Å². The van der Waals surface area contributed by atoms with Gasteiger partial charge in [0.2, 0.25) is 5.91 Å². The molecule has 0 aliphatic heterocycles. The van der Waals surface area contributed by atoms with E-state index < -0.39 is 10.0 Å². The number of benzene rings is 2. The minimum Gasteiger partial charge on any atom is -0.495 e. The van der Waals surface area contributed by atoms with Crippen LogP contribution in [0.1, 0.15) is 31.7 Å². The number of amides is 1. The number of anilines is 2. The number of ether oxygens (including phenoxy) is 1. The van der Waals surface area contributed by atoms with E-state index in [0.717, 1.165) is 18.4 Å². The van der Waals surface area contributed by atoms with Gasteiger partial charge in [0.25, 0.3) is 10.0 Å². The zero-order chi connectivity index (χ0) is 19.2. The summed E-state index contributed by atoms with van der Waals surface area (Å²) in [5, 5.41) is 2.77. The van der Waals surface area contributed by atoms with E-state index in [4.69, 9.17) is 4.74 Å². The molecular weight excluding hydrogens is 352 g/mol. The number of carbonyl (C=O) groups is 1. The zero-order valence-electron chi connectivity index (χ0n) is 15.2. The molecule has 2 aromatic carbocycles. The summed E-state index contributed by atoms with van der Waals surface area (Å²) in [5.74, 6) is 0.330. The molecule has 140 valence electrons. The fourth-order valence-corrected chi connectivity index (χ4v) is 3.40. The van der Waals surface area contributed by atoms with Crippen molar-refractivity contribution in [3.8, 4) is 5.75 Å². The molecule has 0 aromatic heterocycles. The van der Waals surface area contributed by atoms with Gasteiger partial charge >= 0.3 is 0 Å². The van der Waals surface area contributed by atoms with Crippen LogP contribution in [-0.4, -0.2) is 21.4 Å². The molecule has 1 amide bonds. The van der Waals surface area contributed by atoms with Gasteiger partial charge in [-0.1, -0.05) is 31.0 Å². The molecule has 0 saturated carbocycles. The molecule has 0 bridgehead atoms. The van der Waals surface area contributed by atoms with E-state index in [0.29, 0.717) is 23.5 Å². The standard InChI is InChI=1S/C19H24N2O4S/c1-4-5-6-19(22)20-17-13-15(9-12-18(17)25-3)21-26(23,24)16-10-7-14(2)8-11-16/h7-13,21H,4-6H2,1-3H3,(H,20,22). The van der Waals surface area contributed by atoms with Crippen LogP contribution in [0.2, 0.25) is 0 Å². The Labute approximate surface area is 154 Å². The van der Waals surface area contributed by atoms with Crippen LogP contribution in [0.4, 0.5) is 11.4 Å². The van der Waals surface area contributed by atoms with E-state index in [9.17, 15) is 13.2 Å². The molecule has 2 N–H and O–H groups in total. The minimum absolute atomic E-state index is 0.135. The number of hydrogen-bond acceptors (Lipinski definition) is 4. The second kappa shape index (κ2) is 8.71. The normalized spacial score (nSPS) is 11.0. The molecule has 0 aliphatic rings. The monoisotopic (exact) mass is 376 g/mol. The van der Waals surface area contributed by atoms with Crippen LogP contribution in [0.25, 0.3) is 0 Å². The lowest BCUT2D eigenvalue weighted by atomic mass is 10.2. The number of nitrogens with one attached hydrogen (secondary N) is 2. The van der Waals surface area contributed by atoms with Gasteiger partial charge in [0, 0.05) is 6.42 Å². The van der Waals surface area contributed by atoms with Crippen LogP contribution in [0.3, 0.4) is 0 Å². The second-order valence-corrected chi connectivity index (χ2v) is 7.67. The predicted molar refractivity (Wildman–Crippen MR) is 103 cm³/mol. The summed E-state index contributed by atoms with van der Waals surface area (Å²) in [7, 11) is -2.22. The lowest BCUT2D eigenvalue weighted by Gasteiger charge is -2.13. The molecular formula is C19H24N2O4S. The van der Waals surface area contributed by atoms with Gasteiger partial charge in [0.05, 0.1) is 23.4 Å². The highest BCUT2D eigenvalue weighted by Gasteiger charge is 2.15. The first-order valence-corrected chi connectivity index (χ1v) is 9.91. The molecule has 2 rings (SSSR count). The lowest BCUT2D eigenvalue weighted by Crippen LogP contribution is -2.15. The minimum atomic E-state index is -3.71. The maximum Gasteiger partial charge on any atom is 0.261 e. The molecule has 7 heteroatoms. The third kappa shape index (κ3) is 5.23. The number of sulfonamides is 1. The second-order valence-electron chi connectivity index (χ2n) is 5.99. The number of rotatable bonds is 8. The van der Waals surface area contributed by atoms with E-state index in [1.807, 2.05) is 13.8 Å². The maximum absolute atomic E-state index is 12.5. The third-order valence-corrected chi connectivity index (χ3v) is 5.21. The van der Waals surface area contributed by atoms with Gasteiger partial charge in [0.15, 0.2) is 0 Å². The van der Waals surface area contributed by atoms with Gasteiger partial charge in [-0.15, -0.1) is 0 Å². The van der Waals surface area contributed by atoms with Crippen LogP contribution in [0, 0.1) is 6.92 Å². The number of methoxy groups -OCH3 is 1. The first-order chi connectivity index (χ1) is 12.4. The van der Waals surface area contributed by atoms with Crippen molar-refractivity contribution in [1.29, 1.82) is 0 Å². The average molecular weight is 376 g/mol. The van der Waals surface area contributed by atoms with Crippen molar-refractivity contribution in [3.63, 3.8) is 0 Å². The molecule has 6 nitrogen and oxygen atoms in total. The van der Waals surface area contributed by atoms with Gasteiger partial charge in [-0.25, -0.2) is 8.42 Å². The zero-order valence-corrected chi connectivity index (χ0v) is 16.0. The molecule has 0 atom stereocenters. The van der Waals surface area contributed by atoms with Crippen LogP contribution < -0.4 is 14.8 Å².